The van der Waals surface area contributed by atoms with Crippen LogP contribution in [0.3, 0.4) is 0 Å². The van der Waals surface area contributed by atoms with Crippen molar-refractivity contribution in [3.05, 3.63) is 52.7 Å². The van der Waals surface area contributed by atoms with E-state index in [1.54, 1.807) is 24.3 Å². The van der Waals surface area contributed by atoms with Gasteiger partial charge in [-0.3, -0.25) is 4.72 Å². The van der Waals surface area contributed by atoms with E-state index in [1.807, 2.05) is 6.07 Å². The van der Waals surface area contributed by atoms with Crippen molar-refractivity contribution >= 4 is 27.4 Å². The summed E-state index contributed by atoms with van der Waals surface area (Å²) in [5.74, 6) is -0.245. The fourth-order valence-electron chi connectivity index (χ4n) is 1.53. The number of anilines is 1. The van der Waals surface area contributed by atoms with Crippen LogP contribution in [0.4, 0.5) is 5.82 Å². The smallest absolute Gasteiger partial charge is 0.238 e. The molecule has 0 fully saturated rings. The summed E-state index contributed by atoms with van der Waals surface area (Å²) in [6.07, 6.45) is 0. The van der Waals surface area contributed by atoms with E-state index in [9.17, 15) is 8.42 Å². The van der Waals surface area contributed by atoms with Crippen LogP contribution in [0, 0.1) is 11.3 Å². The summed E-state index contributed by atoms with van der Waals surface area (Å²) >= 11 is 5.57. The highest BCUT2D eigenvalue weighted by atomic mass is 35.5. The van der Waals surface area contributed by atoms with Gasteiger partial charge < -0.3 is 0 Å². The van der Waals surface area contributed by atoms with Crippen molar-refractivity contribution in [2.75, 3.05) is 4.72 Å². The molecule has 0 saturated carbocycles. The monoisotopic (exact) mass is 308 g/mol. The Hall–Kier alpha value is -2.17. The molecular formula is C12H9ClN4O2S. The normalized spacial score (nSPS) is 10.8. The number of hydrogen-bond donors (Lipinski definition) is 1. The molecule has 0 radical (unpaired) electrons. The molecule has 0 saturated heterocycles. The van der Waals surface area contributed by atoms with Gasteiger partial charge in [0.1, 0.15) is 0 Å². The molecule has 0 spiro atoms. The molecule has 1 aromatic heterocycles. The van der Waals surface area contributed by atoms with E-state index in [4.69, 9.17) is 16.9 Å². The van der Waals surface area contributed by atoms with Gasteiger partial charge in [0.2, 0.25) is 10.0 Å². The average Bonchev–Trinajstić information content (AvgIpc) is 2.41. The van der Waals surface area contributed by atoms with Crippen molar-refractivity contribution in [1.82, 2.24) is 10.2 Å². The molecule has 2 rings (SSSR count). The zero-order valence-electron chi connectivity index (χ0n) is 10.1. The quantitative estimate of drug-likeness (QED) is 0.931. The molecule has 0 aliphatic carbocycles. The first-order valence-corrected chi connectivity index (χ1v) is 7.51. The maximum Gasteiger partial charge on any atom is 0.238 e. The van der Waals surface area contributed by atoms with Crippen LogP contribution in [0.1, 0.15) is 11.1 Å². The van der Waals surface area contributed by atoms with Crippen LogP contribution >= 0.6 is 11.6 Å². The summed E-state index contributed by atoms with van der Waals surface area (Å²) in [7, 11) is -3.68. The summed E-state index contributed by atoms with van der Waals surface area (Å²) in [6, 6.07) is 11.3. The Morgan fingerprint density at radius 2 is 1.95 bits per heavy atom. The first-order valence-electron chi connectivity index (χ1n) is 5.48. The van der Waals surface area contributed by atoms with E-state index in [1.165, 1.54) is 12.1 Å². The Bertz CT molecular complexity index is 754. The van der Waals surface area contributed by atoms with Crippen molar-refractivity contribution in [1.29, 1.82) is 5.26 Å². The van der Waals surface area contributed by atoms with E-state index in [-0.39, 0.29) is 16.7 Å². The SMILES string of the molecule is N#Cc1ccccc1CS(=O)(=O)Nc1ccc(Cl)nn1. The first kappa shape index (κ1) is 14.2. The molecule has 0 bridgehead atoms. The molecule has 0 amide bonds. The number of rotatable bonds is 4. The van der Waals surface area contributed by atoms with Crippen LogP contribution < -0.4 is 4.72 Å². The Morgan fingerprint density at radius 3 is 2.60 bits per heavy atom. The highest BCUT2D eigenvalue weighted by molar-refractivity contribution is 7.91. The number of hydrogen-bond acceptors (Lipinski definition) is 5. The first-order chi connectivity index (χ1) is 9.50. The summed E-state index contributed by atoms with van der Waals surface area (Å²) in [5, 5.41) is 16.3. The third kappa shape index (κ3) is 3.66. The predicted octanol–water partition coefficient (Wildman–Crippen LogP) is 1.94. The van der Waals surface area contributed by atoms with E-state index < -0.39 is 10.0 Å². The molecule has 20 heavy (non-hydrogen) atoms. The van der Waals surface area contributed by atoms with Gasteiger partial charge >= 0.3 is 0 Å². The van der Waals surface area contributed by atoms with E-state index in [2.05, 4.69) is 14.9 Å². The number of sulfonamides is 1. The van der Waals surface area contributed by atoms with Crippen LogP contribution in [0.25, 0.3) is 0 Å². The van der Waals surface area contributed by atoms with E-state index >= 15 is 0 Å². The van der Waals surface area contributed by atoms with Crippen molar-refractivity contribution in [2.45, 2.75) is 5.75 Å². The lowest BCUT2D eigenvalue weighted by molar-refractivity contribution is 0.600. The molecule has 102 valence electrons. The lowest BCUT2D eigenvalue weighted by Gasteiger charge is -2.07. The van der Waals surface area contributed by atoms with Crippen molar-refractivity contribution in [3.8, 4) is 6.07 Å². The lowest BCUT2D eigenvalue weighted by atomic mass is 10.1. The van der Waals surface area contributed by atoms with Gasteiger partial charge in [-0.15, -0.1) is 10.2 Å². The predicted molar refractivity (Wildman–Crippen MR) is 74.4 cm³/mol. The third-order valence-corrected chi connectivity index (χ3v) is 3.79. The molecular weight excluding hydrogens is 300 g/mol. The van der Waals surface area contributed by atoms with Crippen LogP contribution in [0.15, 0.2) is 36.4 Å². The second-order valence-electron chi connectivity index (χ2n) is 3.87. The van der Waals surface area contributed by atoms with Gasteiger partial charge in [0, 0.05) is 0 Å². The molecule has 0 unspecified atom stereocenters. The number of benzene rings is 1. The Labute approximate surface area is 121 Å². The Morgan fingerprint density at radius 1 is 1.20 bits per heavy atom. The zero-order valence-corrected chi connectivity index (χ0v) is 11.7. The lowest BCUT2D eigenvalue weighted by Crippen LogP contribution is -2.16. The molecule has 2 aromatic rings. The molecule has 0 aliphatic heterocycles. The number of nitrogens with zero attached hydrogens (tertiary/aromatic N) is 3. The van der Waals surface area contributed by atoms with Crippen LogP contribution in [-0.4, -0.2) is 18.6 Å². The van der Waals surface area contributed by atoms with Crippen LogP contribution in [-0.2, 0) is 15.8 Å². The van der Waals surface area contributed by atoms with Gasteiger partial charge in [-0.05, 0) is 23.8 Å². The van der Waals surface area contributed by atoms with Gasteiger partial charge in [-0.2, -0.15) is 5.26 Å². The van der Waals surface area contributed by atoms with Gasteiger partial charge in [-0.1, -0.05) is 29.8 Å². The number of nitrogens with one attached hydrogen (secondary N) is 1. The second-order valence-corrected chi connectivity index (χ2v) is 5.98. The van der Waals surface area contributed by atoms with Crippen molar-refractivity contribution < 1.29 is 8.42 Å². The molecule has 1 N–H and O–H groups in total. The number of nitriles is 1. The topological polar surface area (TPSA) is 95.7 Å². The second kappa shape index (κ2) is 5.86. The minimum absolute atomic E-state index is 0.0730. The van der Waals surface area contributed by atoms with Gasteiger partial charge in [0.25, 0.3) is 0 Å². The number of halogens is 1. The van der Waals surface area contributed by atoms with Crippen molar-refractivity contribution in [3.63, 3.8) is 0 Å². The minimum Gasteiger partial charge on any atom is -0.266 e. The largest absolute Gasteiger partial charge is 0.266 e. The fraction of sp³-hybridized carbons (Fsp3) is 0.0833. The maximum absolute atomic E-state index is 12.0. The van der Waals surface area contributed by atoms with E-state index in [0.717, 1.165) is 0 Å². The summed E-state index contributed by atoms with van der Waals surface area (Å²) < 4.78 is 26.3. The fourth-order valence-corrected chi connectivity index (χ4v) is 2.79. The van der Waals surface area contributed by atoms with Crippen LogP contribution in [0.5, 0.6) is 0 Å². The highest BCUT2D eigenvalue weighted by Gasteiger charge is 2.15. The number of aromatic nitrogens is 2. The molecule has 1 heterocycles. The van der Waals surface area contributed by atoms with Gasteiger partial charge in [-0.25, -0.2) is 8.42 Å². The Balaban J connectivity index is 2.19. The standard InChI is InChI=1S/C12H9ClN4O2S/c13-11-5-6-12(16-15-11)17-20(18,19)8-10-4-2-1-3-9(10)7-14/h1-6H,8H2,(H,16,17). The summed E-state index contributed by atoms with van der Waals surface area (Å²) in [5.41, 5.74) is 0.740. The molecule has 8 heteroatoms. The molecule has 0 atom stereocenters. The Kier molecular flexibility index (Phi) is 4.17. The summed E-state index contributed by atoms with van der Waals surface area (Å²) in [4.78, 5) is 0. The summed E-state index contributed by atoms with van der Waals surface area (Å²) in [6.45, 7) is 0. The highest BCUT2D eigenvalue weighted by Crippen LogP contribution is 2.14. The molecule has 6 nitrogen and oxygen atoms in total. The maximum atomic E-state index is 12.0. The van der Waals surface area contributed by atoms with Crippen LogP contribution in [0.2, 0.25) is 5.15 Å². The van der Waals surface area contributed by atoms with Gasteiger partial charge in [0.15, 0.2) is 11.0 Å². The minimum atomic E-state index is -3.68. The van der Waals surface area contributed by atoms with E-state index in [0.29, 0.717) is 11.1 Å². The average molecular weight is 309 g/mol. The third-order valence-electron chi connectivity index (χ3n) is 2.38. The van der Waals surface area contributed by atoms with Gasteiger partial charge in [0.05, 0.1) is 17.4 Å². The van der Waals surface area contributed by atoms with Crippen molar-refractivity contribution in [2.24, 2.45) is 0 Å². The zero-order chi connectivity index (χ0) is 14.6. The molecule has 0 aliphatic rings. The molecule has 1 aromatic carbocycles.